The van der Waals surface area contributed by atoms with Gasteiger partial charge in [-0.3, -0.25) is 9.59 Å². The van der Waals surface area contributed by atoms with Gasteiger partial charge in [0.15, 0.2) is 5.82 Å². The summed E-state index contributed by atoms with van der Waals surface area (Å²) in [4.78, 5) is 28.6. The molecule has 0 spiro atoms. The number of nitrogens with zero attached hydrogens (tertiary/aromatic N) is 3. The Morgan fingerprint density at radius 1 is 1.24 bits per heavy atom. The Hall–Kier alpha value is -1.93. The van der Waals surface area contributed by atoms with Gasteiger partial charge < -0.3 is 24.4 Å². The molecule has 2 amide bonds. The van der Waals surface area contributed by atoms with Gasteiger partial charge in [-0.2, -0.15) is 0 Å². The summed E-state index contributed by atoms with van der Waals surface area (Å²) < 4.78 is 10.2. The largest absolute Gasteiger partial charge is 0.378 e. The lowest BCUT2D eigenvalue weighted by Gasteiger charge is -2.35. The smallest absolute Gasteiger partial charge is 0.226 e. The van der Waals surface area contributed by atoms with Crippen LogP contribution in [-0.4, -0.2) is 72.7 Å². The van der Waals surface area contributed by atoms with Crippen LogP contribution in [0.5, 0.6) is 0 Å². The van der Waals surface area contributed by atoms with Crippen molar-refractivity contribution in [1.29, 1.82) is 0 Å². The van der Waals surface area contributed by atoms with Crippen LogP contribution in [-0.2, 0) is 14.3 Å². The third-order valence-corrected chi connectivity index (χ3v) is 4.81. The molecule has 2 fully saturated rings. The second-order valence-corrected chi connectivity index (χ2v) is 6.67. The highest BCUT2D eigenvalue weighted by atomic mass is 16.5. The van der Waals surface area contributed by atoms with E-state index in [9.17, 15) is 9.59 Å². The lowest BCUT2D eigenvalue weighted by molar-refractivity contribution is -0.141. The highest BCUT2D eigenvalue weighted by Gasteiger charge is 2.29. The zero-order chi connectivity index (χ0) is 17.6. The molecule has 0 radical (unpaired) electrons. The van der Waals surface area contributed by atoms with Crippen LogP contribution < -0.4 is 5.32 Å². The number of piperidine rings is 1. The molecule has 0 saturated carbocycles. The minimum absolute atomic E-state index is 0.0696. The zero-order valence-electron chi connectivity index (χ0n) is 14.7. The predicted molar refractivity (Wildman–Crippen MR) is 91.0 cm³/mol. The van der Waals surface area contributed by atoms with Gasteiger partial charge in [0.1, 0.15) is 5.76 Å². The molecule has 3 heterocycles. The molecule has 0 atom stereocenters. The third kappa shape index (κ3) is 5.02. The summed E-state index contributed by atoms with van der Waals surface area (Å²) in [6.07, 6.45) is 2.13. The number of nitrogens with one attached hydrogen (secondary N) is 1. The third-order valence-electron chi connectivity index (χ3n) is 4.81. The maximum atomic E-state index is 12.5. The molecular weight excluding hydrogens is 324 g/mol. The first-order valence-corrected chi connectivity index (χ1v) is 8.94. The van der Waals surface area contributed by atoms with E-state index in [0.29, 0.717) is 50.8 Å². The minimum atomic E-state index is -0.0696. The zero-order valence-corrected chi connectivity index (χ0v) is 14.7. The Bertz CT molecular complexity index is 589. The molecule has 0 aromatic carbocycles. The molecule has 1 N–H and O–H groups in total. The number of morpholine rings is 1. The van der Waals surface area contributed by atoms with E-state index in [1.54, 1.807) is 13.0 Å². The van der Waals surface area contributed by atoms with E-state index in [2.05, 4.69) is 15.4 Å². The molecule has 0 unspecified atom stereocenters. The molecule has 1 aromatic rings. The molecule has 2 saturated heterocycles. The van der Waals surface area contributed by atoms with Gasteiger partial charge in [-0.25, -0.2) is 0 Å². The summed E-state index contributed by atoms with van der Waals surface area (Å²) in [5, 5.41) is 6.48. The van der Waals surface area contributed by atoms with E-state index < -0.39 is 0 Å². The first-order valence-electron chi connectivity index (χ1n) is 8.94. The Balaban J connectivity index is 1.36. The fourth-order valence-corrected chi connectivity index (χ4v) is 3.34. The van der Waals surface area contributed by atoms with E-state index in [4.69, 9.17) is 9.26 Å². The Labute approximate surface area is 147 Å². The summed E-state index contributed by atoms with van der Waals surface area (Å²) in [5.41, 5.74) is 0. The van der Waals surface area contributed by atoms with Crippen molar-refractivity contribution in [1.82, 2.24) is 15.0 Å². The van der Waals surface area contributed by atoms with Gasteiger partial charge in [0.2, 0.25) is 11.8 Å². The molecule has 1 aromatic heterocycles. The number of hydrogen-bond donors (Lipinski definition) is 1. The Morgan fingerprint density at radius 3 is 2.60 bits per heavy atom. The summed E-state index contributed by atoms with van der Waals surface area (Å²) in [7, 11) is 0. The average molecular weight is 350 g/mol. The van der Waals surface area contributed by atoms with Crippen molar-refractivity contribution in [2.45, 2.75) is 26.2 Å². The van der Waals surface area contributed by atoms with Crippen molar-refractivity contribution in [2.75, 3.05) is 51.3 Å². The quantitative estimate of drug-likeness (QED) is 0.848. The van der Waals surface area contributed by atoms with Gasteiger partial charge in [0.25, 0.3) is 0 Å². The second kappa shape index (κ2) is 8.44. The van der Waals surface area contributed by atoms with Gasteiger partial charge in [-0.05, 0) is 32.9 Å². The lowest BCUT2D eigenvalue weighted by Crippen LogP contribution is -2.47. The van der Waals surface area contributed by atoms with Crippen LogP contribution >= 0.6 is 0 Å². The number of likely N-dealkylation sites (tertiary alicyclic amines) is 1. The number of anilines is 1. The van der Waals surface area contributed by atoms with Gasteiger partial charge in [0, 0.05) is 38.0 Å². The predicted octanol–water partition coefficient (Wildman–Crippen LogP) is 0.882. The van der Waals surface area contributed by atoms with Crippen molar-refractivity contribution in [3.05, 3.63) is 11.8 Å². The Morgan fingerprint density at radius 2 is 1.96 bits per heavy atom. The molecular formula is C17H26N4O4. The standard InChI is InChI=1S/C17H26N4O4/c1-13-12-15(19-25-13)18-16(22)4-7-20-5-2-14(3-6-20)17(23)21-8-10-24-11-9-21/h12,14H,2-11H2,1H3,(H,18,19,22). The molecule has 25 heavy (non-hydrogen) atoms. The van der Waals surface area contributed by atoms with Crippen LogP contribution in [0.1, 0.15) is 25.0 Å². The van der Waals surface area contributed by atoms with Crippen LogP contribution in [0.2, 0.25) is 0 Å². The molecule has 8 nitrogen and oxygen atoms in total. The van der Waals surface area contributed by atoms with Gasteiger partial charge >= 0.3 is 0 Å². The van der Waals surface area contributed by atoms with Gasteiger partial charge in [0.05, 0.1) is 13.2 Å². The van der Waals surface area contributed by atoms with Crippen LogP contribution in [0, 0.1) is 12.8 Å². The fourth-order valence-electron chi connectivity index (χ4n) is 3.34. The van der Waals surface area contributed by atoms with Crippen LogP contribution in [0.4, 0.5) is 5.82 Å². The maximum Gasteiger partial charge on any atom is 0.226 e. The topological polar surface area (TPSA) is 87.9 Å². The molecule has 0 bridgehead atoms. The number of rotatable bonds is 5. The van der Waals surface area contributed by atoms with E-state index in [-0.39, 0.29) is 17.7 Å². The normalized spacial score (nSPS) is 19.8. The molecule has 2 aliphatic rings. The van der Waals surface area contributed by atoms with Gasteiger partial charge in [-0.1, -0.05) is 5.16 Å². The molecule has 0 aliphatic carbocycles. The highest BCUT2D eigenvalue weighted by Crippen LogP contribution is 2.20. The van der Waals surface area contributed by atoms with Crippen molar-refractivity contribution in [3.63, 3.8) is 0 Å². The summed E-state index contributed by atoms with van der Waals surface area (Å²) in [6, 6.07) is 1.70. The van der Waals surface area contributed by atoms with E-state index in [0.717, 1.165) is 25.9 Å². The van der Waals surface area contributed by atoms with Crippen molar-refractivity contribution in [2.24, 2.45) is 5.92 Å². The van der Waals surface area contributed by atoms with Crippen molar-refractivity contribution < 1.29 is 18.8 Å². The number of hydrogen-bond acceptors (Lipinski definition) is 6. The number of ether oxygens (including phenoxy) is 1. The van der Waals surface area contributed by atoms with Crippen LogP contribution in [0.25, 0.3) is 0 Å². The van der Waals surface area contributed by atoms with Crippen LogP contribution in [0.15, 0.2) is 10.6 Å². The maximum absolute atomic E-state index is 12.5. The summed E-state index contributed by atoms with van der Waals surface area (Å²) in [6.45, 7) is 6.90. The Kier molecular flexibility index (Phi) is 6.04. The molecule has 138 valence electrons. The van der Waals surface area contributed by atoms with E-state index >= 15 is 0 Å². The van der Waals surface area contributed by atoms with E-state index in [1.807, 2.05) is 4.90 Å². The number of carbonyl (C=O) groups excluding carboxylic acids is 2. The SMILES string of the molecule is Cc1cc(NC(=O)CCN2CCC(C(=O)N3CCOCC3)CC2)no1. The van der Waals surface area contributed by atoms with Crippen molar-refractivity contribution in [3.8, 4) is 0 Å². The summed E-state index contributed by atoms with van der Waals surface area (Å²) in [5.74, 6) is 1.43. The monoisotopic (exact) mass is 350 g/mol. The molecule has 2 aliphatic heterocycles. The highest BCUT2D eigenvalue weighted by molar-refractivity contribution is 5.89. The summed E-state index contributed by atoms with van der Waals surface area (Å²) >= 11 is 0. The number of aromatic nitrogens is 1. The van der Waals surface area contributed by atoms with Gasteiger partial charge in [-0.15, -0.1) is 0 Å². The number of carbonyl (C=O) groups is 2. The first-order chi connectivity index (χ1) is 12.1. The fraction of sp³-hybridized carbons (Fsp3) is 0.706. The average Bonchev–Trinajstić information content (AvgIpc) is 3.05. The van der Waals surface area contributed by atoms with Crippen molar-refractivity contribution >= 4 is 17.6 Å². The number of amides is 2. The number of aryl methyl sites for hydroxylation is 1. The van der Waals surface area contributed by atoms with Crippen LogP contribution in [0.3, 0.4) is 0 Å². The second-order valence-electron chi connectivity index (χ2n) is 6.67. The first kappa shape index (κ1) is 17.9. The minimum Gasteiger partial charge on any atom is -0.378 e. The lowest BCUT2D eigenvalue weighted by atomic mass is 9.95. The van der Waals surface area contributed by atoms with E-state index in [1.165, 1.54) is 0 Å². The molecule has 3 rings (SSSR count). The molecule has 8 heteroatoms.